The fourth-order valence-electron chi connectivity index (χ4n) is 2.14. The molecule has 0 spiro atoms. The van der Waals surface area contributed by atoms with Crippen LogP contribution in [0.2, 0.25) is 0 Å². The fourth-order valence-corrected chi connectivity index (χ4v) is 2.14. The Morgan fingerprint density at radius 1 is 1.05 bits per heavy atom. The van der Waals surface area contributed by atoms with Crippen molar-refractivity contribution in [1.82, 2.24) is 19.7 Å². The number of benzene rings is 1. The number of rotatable bonds is 3. The van der Waals surface area contributed by atoms with Crippen LogP contribution in [0.15, 0.2) is 48.9 Å². The summed E-state index contributed by atoms with van der Waals surface area (Å²) in [7, 11) is 0. The molecule has 0 unspecified atom stereocenters. The summed E-state index contributed by atoms with van der Waals surface area (Å²) in [5.41, 5.74) is 4.44. The molecular weight excluding hydrogens is 248 g/mol. The van der Waals surface area contributed by atoms with Gasteiger partial charge >= 0.3 is 0 Å². The van der Waals surface area contributed by atoms with Crippen molar-refractivity contribution in [2.24, 2.45) is 0 Å². The first-order chi connectivity index (χ1) is 9.72. The van der Waals surface area contributed by atoms with Crippen molar-refractivity contribution in [3.05, 3.63) is 66.0 Å². The smallest absolute Gasteiger partial charge is 0.105 e. The second-order valence-electron chi connectivity index (χ2n) is 4.90. The molecule has 0 saturated carbocycles. The van der Waals surface area contributed by atoms with Gasteiger partial charge in [0.05, 0.1) is 18.4 Å². The second kappa shape index (κ2) is 5.25. The highest BCUT2D eigenvalue weighted by atomic mass is 15.1. The molecule has 0 aliphatic heterocycles. The van der Waals surface area contributed by atoms with Crippen LogP contribution in [0, 0.1) is 13.8 Å². The summed E-state index contributed by atoms with van der Waals surface area (Å²) >= 11 is 0. The van der Waals surface area contributed by atoms with E-state index in [1.165, 1.54) is 5.56 Å². The minimum Gasteiger partial charge on any atom is -0.329 e. The van der Waals surface area contributed by atoms with Crippen LogP contribution in [0.5, 0.6) is 0 Å². The van der Waals surface area contributed by atoms with Gasteiger partial charge in [-0.2, -0.15) is 10.2 Å². The van der Waals surface area contributed by atoms with Gasteiger partial charge in [0.2, 0.25) is 0 Å². The normalized spacial score (nSPS) is 10.7. The summed E-state index contributed by atoms with van der Waals surface area (Å²) in [5, 5.41) is 8.31. The van der Waals surface area contributed by atoms with Crippen molar-refractivity contribution in [2.75, 3.05) is 0 Å². The molecule has 0 atom stereocenters. The van der Waals surface area contributed by atoms with E-state index < -0.39 is 0 Å². The standard InChI is InChI=1S/C16H16N4/c1-12-3-5-14(6-4-12)15-9-16(19-18-10-15)11-20-8-7-17-13(20)2/h3-10H,11H2,1-2H3. The zero-order chi connectivity index (χ0) is 13.9. The number of aryl methyl sites for hydroxylation is 2. The summed E-state index contributed by atoms with van der Waals surface area (Å²) in [5.74, 6) is 0.979. The number of aromatic nitrogens is 4. The quantitative estimate of drug-likeness (QED) is 0.730. The van der Waals surface area contributed by atoms with Crippen LogP contribution in [0.3, 0.4) is 0 Å². The van der Waals surface area contributed by atoms with Crippen molar-refractivity contribution in [1.29, 1.82) is 0 Å². The fraction of sp³-hybridized carbons (Fsp3) is 0.188. The van der Waals surface area contributed by atoms with E-state index in [9.17, 15) is 0 Å². The highest BCUT2D eigenvalue weighted by Crippen LogP contribution is 2.19. The molecule has 0 amide bonds. The molecular formula is C16H16N4. The lowest BCUT2D eigenvalue weighted by atomic mass is 10.1. The maximum absolute atomic E-state index is 4.22. The minimum atomic E-state index is 0.693. The summed E-state index contributed by atoms with van der Waals surface area (Å²) in [6.07, 6.45) is 5.55. The Hall–Kier alpha value is -2.49. The third-order valence-corrected chi connectivity index (χ3v) is 3.35. The molecule has 0 aliphatic rings. The lowest BCUT2D eigenvalue weighted by Gasteiger charge is -2.06. The molecule has 0 radical (unpaired) electrons. The van der Waals surface area contributed by atoms with Crippen LogP contribution in [0.4, 0.5) is 0 Å². The lowest BCUT2D eigenvalue weighted by Crippen LogP contribution is -2.04. The SMILES string of the molecule is Cc1ccc(-c2cnnc(Cn3ccnc3C)c2)cc1. The third-order valence-electron chi connectivity index (χ3n) is 3.35. The molecule has 3 aromatic rings. The average Bonchev–Trinajstić information content (AvgIpc) is 2.85. The van der Waals surface area contributed by atoms with Gasteiger partial charge in [-0.1, -0.05) is 29.8 Å². The first kappa shape index (κ1) is 12.5. The number of imidazole rings is 1. The molecule has 0 bridgehead atoms. The summed E-state index contributed by atoms with van der Waals surface area (Å²) in [6.45, 7) is 4.76. The van der Waals surface area contributed by atoms with E-state index in [0.717, 1.165) is 22.6 Å². The topological polar surface area (TPSA) is 43.6 Å². The third kappa shape index (κ3) is 2.59. The Kier molecular flexibility index (Phi) is 3.29. The van der Waals surface area contributed by atoms with E-state index in [1.54, 1.807) is 12.4 Å². The Morgan fingerprint density at radius 3 is 2.55 bits per heavy atom. The monoisotopic (exact) mass is 264 g/mol. The van der Waals surface area contributed by atoms with Crippen molar-refractivity contribution in [3.63, 3.8) is 0 Å². The maximum atomic E-state index is 4.22. The average molecular weight is 264 g/mol. The van der Waals surface area contributed by atoms with Crippen LogP contribution in [0.25, 0.3) is 11.1 Å². The first-order valence-corrected chi connectivity index (χ1v) is 6.59. The maximum Gasteiger partial charge on any atom is 0.105 e. The van der Waals surface area contributed by atoms with E-state index >= 15 is 0 Å². The largest absolute Gasteiger partial charge is 0.329 e. The molecule has 0 fully saturated rings. The molecule has 2 heterocycles. The molecule has 1 aromatic carbocycles. The summed E-state index contributed by atoms with van der Waals surface area (Å²) < 4.78 is 2.06. The van der Waals surface area contributed by atoms with E-state index in [0.29, 0.717) is 6.54 Å². The molecule has 4 nitrogen and oxygen atoms in total. The zero-order valence-corrected chi connectivity index (χ0v) is 11.6. The van der Waals surface area contributed by atoms with Gasteiger partial charge in [0.25, 0.3) is 0 Å². The Labute approximate surface area is 118 Å². The van der Waals surface area contributed by atoms with E-state index in [2.05, 4.69) is 57.0 Å². The van der Waals surface area contributed by atoms with Crippen LogP contribution in [-0.2, 0) is 6.54 Å². The molecule has 3 rings (SSSR count). The highest BCUT2D eigenvalue weighted by Gasteiger charge is 2.04. The van der Waals surface area contributed by atoms with Gasteiger partial charge in [0, 0.05) is 18.0 Å². The van der Waals surface area contributed by atoms with E-state index in [-0.39, 0.29) is 0 Å². The van der Waals surface area contributed by atoms with Gasteiger partial charge in [-0.15, -0.1) is 0 Å². The molecule has 100 valence electrons. The van der Waals surface area contributed by atoms with Gasteiger partial charge in [-0.3, -0.25) is 0 Å². The number of hydrogen-bond acceptors (Lipinski definition) is 3. The molecule has 20 heavy (non-hydrogen) atoms. The molecule has 0 saturated heterocycles. The summed E-state index contributed by atoms with van der Waals surface area (Å²) in [6, 6.07) is 10.5. The second-order valence-corrected chi connectivity index (χ2v) is 4.90. The Balaban J connectivity index is 1.90. The molecule has 2 aromatic heterocycles. The lowest BCUT2D eigenvalue weighted by molar-refractivity contribution is 0.727. The molecule has 0 aliphatic carbocycles. The van der Waals surface area contributed by atoms with Gasteiger partial charge in [-0.05, 0) is 25.5 Å². The van der Waals surface area contributed by atoms with Crippen molar-refractivity contribution < 1.29 is 0 Å². The predicted molar refractivity (Wildman–Crippen MR) is 78.3 cm³/mol. The zero-order valence-electron chi connectivity index (χ0n) is 11.6. The van der Waals surface area contributed by atoms with Crippen LogP contribution in [-0.4, -0.2) is 19.7 Å². The van der Waals surface area contributed by atoms with Crippen molar-refractivity contribution in [3.8, 4) is 11.1 Å². The molecule has 4 heteroatoms. The van der Waals surface area contributed by atoms with Gasteiger partial charge in [-0.25, -0.2) is 4.98 Å². The van der Waals surface area contributed by atoms with Crippen LogP contribution >= 0.6 is 0 Å². The van der Waals surface area contributed by atoms with Crippen molar-refractivity contribution >= 4 is 0 Å². The Bertz CT molecular complexity index is 713. The van der Waals surface area contributed by atoms with Crippen LogP contribution < -0.4 is 0 Å². The van der Waals surface area contributed by atoms with Crippen LogP contribution in [0.1, 0.15) is 17.1 Å². The van der Waals surface area contributed by atoms with Gasteiger partial charge in [0.15, 0.2) is 0 Å². The van der Waals surface area contributed by atoms with Crippen molar-refractivity contribution in [2.45, 2.75) is 20.4 Å². The predicted octanol–water partition coefficient (Wildman–Crippen LogP) is 3.01. The highest BCUT2D eigenvalue weighted by molar-refractivity contribution is 5.62. The van der Waals surface area contributed by atoms with Gasteiger partial charge < -0.3 is 4.57 Å². The number of nitrogens with zero attached hydrogens (tertiary/aromatic N) is 4. The van der Waals surface area contributed by atoms with E-state index in [1.807, 2.05) is 13.1 Å². The van der Waals surface area contributed by atoms with E-state index in [4.69, 9.17) is 0 Å². The van der Waals surface area contributed by atoms with Gasteiger partial charge in [0.1, 0.15) is 5.82 Å². The minimum absolute atomic E-state index is 0.693. The summed E-state index contributed by atoms with van der Waals surface area (Å²) in [4.78, 5) is 4.22. The molecule has 0 N–H and O–H groups in total. The Morgan fingerprint density at radius 2 is 1.85 bits per heavy atom. The number of hydrogen-bond donors (Lipinski definition) is 0. The first-order valence-electron chi connectivity index (χ1n) is 6.59.